The number of carbonyl (C=O) groups is 5. The van der Waals surface area contributed by atoms with Crippen molar-refractivity contribution in [1.82, 2.24) is 26.2 Å². The number of phenols is 1. The molecule has 1 fully saturated rings. The van der Waals surface area contributed by atoms with Gasteiger partial charge in [0.25, 0.3) is 5.91 Å². The predicted molar refractivity (Wildman–Crippen MR) is 228 cm³/mol. The van der Waals surface area contributed by atoms with Crippen LogP contribution in [0.15, 0.2) is 88.1 Å². The second-order valence-electron chi connectivity index (χ2n) is 15.2. The number of amides is 4. The lowest BCUT2D eigenvalue weighted by Crippen LogP contribution is -2.56. The zero-order chi connectivity index (χ0) is 42.5. The number of hydrogen-bond donors (Lipinski definition) is 6. The fourth-order valence-electron chi connectivity index (χ4n) is 7.94. The third-order valence-electron chi connectivity index (χ3n) is 11.3. The molecule has 4 atom stereocenters. The second-order valence-corrected chi connectivity index (χ2v) is 16.2. The lowest BCUT2D eigenvalue weighted by molar-refractivity contribution is -0.141. The van der Waals surface area contributed by atoms with Crippen LogP contribution in [-0.2, 0) is 20.8 Å². The summed E-state index contributed by atoms with van der Waals surface area (Å²) >= 11 is 1.48. The lowest BCUT2D eigenvalue weighted by atomic mass is 9.87. The molecule has 2 aliphatic carbocycles. The molecular formula is C45H47N5O9S. The lowest BCUT2D eigenvalue weighted by Gasteiger charge is -2.31. The highest BCUT2D eigenvalue weighted by molar-refractivity contribution is 7.99. The molecule has 0 saturated carbocycles. The monoisotopic (exact) mass is 833 g/mol. The van der Waals surface area contributed by atoms with Crippen LogP contribution < -0.4 is 26.7 Å². The van der Waals surface area contributed by atoms with Crippen molar-refractivity contribution in [2.45, 2.75) is 69.6 Å². The van der Waals surface area contributed by atoms with Crippen LogP contribution in [-0.4, -0.2) is 88.1 Å². The summed E-state index contributed by atoms with van der Waals surface area (Å²) in [7, 11) is 1.65. The summed E-state index contributed by atoms with van der Waals surface area (Å²) in [5.74, 6) is -1.84. The maximum Gasteiger partial charge on any atom is 0.335 e. The number of aryl methyl sites for hydroxylation is 1. The van der Waals surface area contributed by atoms with Gasteiger partial charge in [0.05, 0.1) is 23.5 Å². The average molecular weight is 834 g/mol. The minimum Gasteiger partial charge on any atom is -0.508 e. The van der Waals surface area contributed by atoms with E-state index in [9.17, 15) is 39.0 Å². The summed E-state index contributed by atoms with van der Waals surface area (Å²) in [4.78, 5) is 80.9. The zero-order valence-electron chi connectivity index (χ0n) is 33.3. The van der Waals surface area contributed by atoms with Gasteiger partial charge in [0.2, 0.25) is 17.7 Å². The molecule has 0 spiro atoms. The third kappa shape index (κ3) is 9.01. The molecule has 3 aromatic rings. The van der Waals surface area contributed by atoms with Crippen molar-refractivity contribution in [3.8, 4) is 28.2 Å². The largest absolute Gasteiger partial charge is 0.508 e. The van der Waals surface area contributed by atoms with Crippen LogP contribution in [0.3, 0.4) is 0 Å². The van der Waals surface area contributed by atoms with E-state index in [0.717, 1.165) is 24.8 Å². The molecule has 4 aliphatic rings. The van der Waals surface area contributed by atoms with Gasteiger partial charge in [-0.3, -0.25) is 24.0 Å². The Kier molecular flexibility index (Phi) is 12.9. The standard InChI is InChI=1S/C45H47N5O9S/c1-25(46-2)41(53)49-36(44(56)50-24-60-23-37(50)43(55)48-35-12-7-9-26-8-3-4-10-30(26)35)11-5-6-19-47-42(54)34-20-27(45(57)58)13-16-31(34)40-32-17-14-28(51)21-38(32)59-39-22-29(52)15-18-33(39)40/h3-4,8,10,13-18,20-22,25,35-37,46,51H,5-7,9,11-12,19,23-24H2,1-2H3,(H,47,54)(H,48,55)(H,49,53)(H,57,58). The number of carboxylic acids is 1. The number of nitrogens with zero attached hydrogens (tertiary/aromatic N) is 1. The Labute approximate surface area is 350 Å². The molecule has 7 rings (SSSR count). The van der Waals surface area contributed by atoms with Crippen LogP contribution in [0.4, 0.5) is 0 Å². The SMILES string of the molecule is CNC(C)C(=O)NC(CCCCNC(=O)c1cc(C(=O)O)ccc1-c1c2ccc(=O)cc-2oc2cc(O)ccc12)C(=O)N1CSCC1C(=O)NC1CCCc2ccccc21. The average Bonchev–Trinajstić information content (AvgIpc) is 3.75. The highest BCUT2D eigenvalue weighted by atomic mass is 32.2. The first-order chi connectivity index (χ1) is 28.9. The van der Waals surface area contributed by atoms with Crippen molar-refractivity contribution < 1.29 is 38.6 Å². The van der Waals surface area contributed by atoms with E-state index in [1.807, 2.05) is 18.2 Å². The zero-order valence-corrected chi connectivity index (χ0v) is 34.1. The highest BCUT2D eigenvalue weighted by Crippen LogP contribution is 2.42. The second kappa shape index (κ2) is 18.4. The Morgan fingerprint density at radius 1 is 0.967 bits per heavy atom. The van der Waals surface area contributed by atoms with E-state index in [-0.39, 0.29) is 70.4 Å². The van der Waals surface area contributed by atoms with Gasteiger partial charge in [0.1, 0.15) is 29.2 Å². The van der Waals surface area contributed by atoms with Gasteiger partial charge < -0.3 is 40.8 Å². The molecule has 0 radical (unpaired) electrons. The smallest absolute Gasteiger partial charge is 0.335 e. The number of aromatic carboxylic acids is 1. The number of benzene rings is 4. The van der Waals surface area contributed by atoms with Crippen molar-refractivity contribution in [1.29, 1.82) is 0 Å². The molecule has 0 aromatic heterocycles. The van der Waals surface area contributed by atoms with Crippen LogP contribution in [0.2, 0.25) is 0 Å². The number of carboxylic acid groups (broad SMARTS) is 1. The van der Waals surface area contributed by atoms with E-state index in [0.29, 0.717) is 46.5 Å². The van der Waals surface area contributed by atoms with Crippen molar-refractivity contribution in [2.75, 3.05) is 25.2 Å². The van der Waals surface area contributed by atoms with Crippen molar-refractivity contribution in [3.05, 3.63) is 111 Å². The first-order valence-electron chi connectivity index (χ1n) is 20.0. The molecule has 0 bridgehead atoms. The first-order valence-corrected chi connectivity index (χ1v) is 21.2. The molecule has 6 N–H and O–H groups in total. The van der Waals surface area contributed by atoms with Gasteiger partial charge in [-0.2, -0.15) is 0 Å². The summed E-state index contributed by atoms with van der Waals surface area (Å²) in [6.07, 6.45) is 3.78. The number of unbranched alkanes of at least 4 members (excludes halogenated alkanes) is 1. The molecule has 15 heteroatoms. The fraction of sp³-hybridized carbons (Fsp3) is 0.333. The van der Waals surface area contributed by atoms with E-state index in [4.69, 9.17) is 4.42 Å². The normalized spacial score (nSPS) is 17.1. The maximum absolute atomic E-state index is 14.2. The van der Waals surface area contributed by atoms with E-state index in [2.05, 4.69) is 27.3 Å². The third-order valence-corrected chi connectivity index (χ3v) is 12.3. The molecule has 312 valence electrons. The Bertz CT molecular complexity index is 2490. The number of hydrogen-bond acceptors (Lipinski definition) is 10. The van der Waals surface area contributed by atoms with Crippen LogP contribution in [0.5, 0.6) is 5.75 Å². The van der Waals surface area contributed by atoms with Gasteiger partial charge in [-0.05, 0) is 106 Å². The summed E-state index contributed by atoms with van der Waals surface area (Å²) < 4.78 is 5.96. The number of carbonyl (C=O) groups excluding carboxylic acids is 4. The number of rotatable bonds is 14. The van der Waals surface area contributed by atoms with Gasteiger partial charge >= 0.3 is 5.97 Å². The van der Waals surface area contributed by atoms with Crippen LogP contribution in [0.1, 0.15) is 76.9 Å². The van der Waals surface area contributed by atoms with Crippen LogP contribution in [0, 0.1) is 0 Å². The van der Waals surface area contributed by atoms with E-state index >= 15 is 0 Å². The summed E-state index contributed by atoms with van der Waals surface area (Å²) in [5.41, 5.74) is 3.62. The summed E-state index contributed by atoms with van der Waals surface area (Å²) in [5, 5.41) is 32.4. The molecule has 2 heterocycles. The van der Waals surface area contributed by atoms with E-state index in [1.54, 1.807) is 31.0 Å². The minimum absolute atomic E-state index is 0.0666. The Morgan fingerprint density at radius 3 is 2.57 bits per heavy atom. The first kappa shape index (κ1) is 42.0. The highest BCUT2D eigenvalue weighted by Gasteiger charge is 2.39. The summed E-state index contributed by atoms with van der Waals surface area (Å²) in [6.45, 7) is 1.84. The molecule has 1 saturated heterocycles. The fourth-order valence-corrected chi connectivity index (χ4v) is 9.10. The number of fused-ring (bicyclic) bond motifs is 3. The molecule has 2 aliphatic heterocycles. The number of thioether (sulfide) groups is 1. The van der Waals surface area contributed by atoms with E-state index < -0.39 is 30.0 Å². The molecule has 4 unspecified atom stereocenters. The maximum atomic E-state index is 14.2. The molecule has 3 aromatic carbocycles. The molecule has 4 amide bonds. The topological polar surface area (TPSA) is 207 Å². The van der Waals surface area contributed by atoms with Crippen LogP contribution in [0.25, 0.3) is 33.4 Å². The van der Waals surface area contributed by atoms with Gasteiger partial charge in [-0.25, -0.2) is 4.79 Å². The Balaban J connectivity index is 1.06. The van der Waals surface area contributed by atoms with Crippen molar-refractivity contribution >= 4 is 52.3 Å². The van der Waals surface area contributed by atoms with Crippen molar-refractivity contribution in [3.63, 3.8) is 0 Å². The van der Waals surface area contributed by atoms with Crippen molar-refractivity contribution in [2.24, 2.45) is 0 Å². The molecular weight excluding hydrogens is 787 g/mol. The van der Waals surface area contributed by atoms with Gasteiger partial charge in [-0.1, -0.05) is 30.3 Å². The quantitative estimate of drug-likeness (QED) is 0.0645. The summed E-state index contributed by atoms with van der Waals surface area (Å²) in [6, 6.07) is 18.7. The number of likely N-dealkylation sites (N-methyl/N-ethyl adjacent to an activating group) is 1. The minimum atomic E-state index is -1.23. The van der Waals surface area contributed by atoms with E-state index in [1.165, 1.54) is 59.8 Å². The predicted octanol–water partition coefficient (Wildman–Crippen LogP) is 5.06. The van der Waals surface area contributed by atoms with Gasteiger partial charge in [0.15, 0.2) is 5.43 Å². The molecule has 60 heavy (non-hydrogen) atoms. The Morgan fingerprint density at radius 2 is 1.77 bits per heavy atom. The molecule has 14 nitrogen and oxygen atoms in total. The Hall–Kier alpha value is -6.19. The van der Waals surface area contributed by atoms with Crippen LogP contribution >= 0.6 is 11.8 Å². The number of aromatic hydroxyl groups is 1. The van der Waals surface area contributed by atoms with Gasteiger partial charge in [-0.15, -0.1) is 11.8 Å². The number of phenolic OH excluding ortho intramolecular Hbond substituents is 1. The number of nitrogens with one attached hydrogen (secondary N) is 4. The van der Waals surface area contributed by atoms with Gasteiger partial charge in [0, 0.05) is 46.5 Å².